The van der Waals surface area contributed by atoms with Gasteiger partial charge in [0.2, 0.25) is 0 Å². The van der Waals surface area contributed by atoms with Crippen LogP contribution in [-0.4, -0.2) is 69.2 Å². The Balaban J connectivity index is 3.02. The van der Waals surface area contributed by atoms with Gasteiger partial charge in [0.15, 0.2) is 0 Å². The molecule has 9 heteroatoms. The van der Waals surface area contributed by atoms with Crippen molar-refractivity contribution in [1.29, 1.82) is 0 Å². The normalized spacial score (nSPS) is 12.0. The number of phosphoric acid groups is 1. The van der Waals surface area contributed by atoms with E-state index in [1.165, 1.54) is 6.42 Å². The van der Waals surface area contributed by atoms with Crippen LogP contribution in [0.4, 0.5) is 0 Å². The Morgan fingerprint density at radius 1 is 0.517 bits per heavy atom. The predicted octanol–water partition coefficient (Wildman–Crippen LogP) is 4.08. The fourth-order valence-corrected chi connectivity index (χ4v) is 2.74. The number of ether oxygens (including phenoxy) is 4. The van der Waals surface area contributed by atoms with Crippen LogP contribution in [0.1, 0.15) is 71.1 Å². The van der Waals surface area contributed by atoms with Crippen LogP contribution in [0.5, 0.6) is 0 Å². The Morgan fingerprint density at radius 3 is 1.07 bits per heavy atom. The Morgan fingerprint density at radius 2 is 0.793 bits per heavy atom. The Labute approximate surface area is 176 Å². The second-order valence-corrected chi connectivity index (χ2v) is 8.19. The molecule has 0 radical (unpaired) electrons. The lowest BCUT2D eigenvalue weighted by Gasteiger charge is -2.07. The highest BCUT2D eigenvalue weighted by molar-refractivity contribution is 7.46. The SMILES string of the molecule is CCCCOCCCCOCCCCOCCCCOCCCCOP(=O)(O)O. The first-order chi connectivity index (χ1) is 14.1. The van der Waals surface area contributed by atoms with Gasteiger partial charge < -0.3 is 28.7 Å². The minimum Gasteiger partial charge on any atom is -0.381 e. The summed E-state index contributed by atoms with van der Waals surface area (Å²) in [6.07, 6.45) is 9.74. The number of unbranched alkanes of at least 4 members (excludes halogenated alkanes) is 5. The molecule has 0 saturated carbocycles. The average molecular weight is 443 g/mol. The zero-order chi connectivity index (χ0) is 21.5. The van der Waals surface area contributed by atoms with Crippen molar-refractivity contribution < 1.29 is 37.8 Å². The molecule has 0 aliphatic rings. The third-order valence-electron chi connectivity index (χ3n) is 4.07. The molecule has 0 saturated heterocycles. The van der Waals surface area contributed by atoms with Crippen molar-refractivity contribution in [2.24, 2.45) is 0 Å². The predicted molar refractivity (Wildman–Crippen MR) is 113 cm³/mol. The summed E-state index contributed by atoms with van der Waals surface area (Å²) in [5, 5.41) is 0. The molecule has 29 heavy (non-hydrogen) atoms. The van der Waals surface area contributed by atoms with Gasteiger partial charge in [0, 0.05) is 52.9 Å². The molecule has 0 aliphatic carbocycles. The second kappa shape index (κ2) is 22.6. The van der Waals surface area contributed by atoms with E-state index in [9.17, 15) is 4.57 Å². The monoisotopic (exact) mass is 442 g/mol. The minimum absolute atomic E-state index is 0.0562. The summed E-state index contributed by atoms with van der Waals surface area (Å²) in [5.41, 5.74) is 0. The lowest BCUT2D eigenvalue weighted by atomic mass is 10.3. The molecule has 0 aromatic heterocycles. The minimum atomic E-state index is -4.33. The first kappa shape index (κ1) is 28.9. The van der Waals surface area contributed by atoms with Gasteiger partial charge in [-0.25, -0.2) is 4.57 Å². The van der Waals surface area contributed by atoms with Crippen molar-refractivity contribution in [3.05, 3.63) is 0 Å². The average Bonchev–Trinajstić information content (AvgIpc) is 2.67. The maximum atomic E-state index is 10.5. The zero-order valence-electron chi connectivity index (χ0n) is 18.2. The van der Waals surface area contributed by atoms with Gasteiger partial charge in [-0.1, -0.05) is 13.3 Å². The number of rotatable bonds is 24. The van der Waals surface area contributed by atoms with Crippen molar-refractivity contribution >= 4 is 7.82 Å². The Hall–Kier alpha value is -0.0500. The van der Waals surface area contributed by atoms with Gasteiger partial charge in [-0.05, 0) is 57.8 Å². The molecule has 0 heterocycles. The Kier molecular flexibility index (Phi) is 22.6. The lowest BCUT2D eigenvalue weighted by Crippen LogP contribution is -2.04. The zero-order valence-corrected chi connectivity index (χ0v) is 19.1. The molecule has 2 N–H and O–H groups in total. The van der Waals surface area contributed by atoms with Gasteiger partial charge in [0.1, 0.15) is 0 Å². The first-order valence-electron chi connectivity index (χ1n) is 11.1. The van der Waals surface area contributed by atoms with E-state index in [-0.39, 0.29) is 6.61 Å². The van der Waals surface area contributed by atoms with Gasteiger partial charge >= 0.3 is 7.82 Å². The third-order valence-corrected chi connectivity index (χ3v) is 4.59. The molecule has 0 atom stereocenters. The van der Waals surface area contributed by atoms with Crippen LogP contribution in [0.3, 0.4) is 0 Å². The molecule has 176 valence electrons. The fourth-order valence-electron chi connectivity index (χ4n) is 2.37. The van der Waals surface area contributed by atoms with E-state index < -0.39 is 7.82 Å². The van der Waals surface area contributed by atoms with Crippen LogP contribution in [-0.2, 0) is 28.0 Å². The van der Waals surface area contributed by atoms with Crippen LogP contribution in [0.25, 0.3) is 0 Å². The van der Waals surface area contributed by atoms with Gasteiger partial charge in [-0.15, -0.1) is 0 Å². The van der Waals surface area contributed by atoms with E-state index in [1.54, 1.807) is 0 Å². The van der Waals surface area contributed by atoms with Crippen LogP contribution in [0.2, 0.25) is 0 Å². The number of hydrogen-bond acceptors (Lipinski definition) is 6. The van der Waals surface area contributed by atoms with Crippen LogP contribution < -0.4 is 0 Å². The van der Waals surface area contributed by atoms with Crippen molar-refractivity contribution in [3.8, 4) is 0 Å². The van der Waals surface area contributed by atoms with Crippen LogP contribution in [0, 0.1) is 0 Å². The maximum Gasteiger partial charge on any atom is 0.469 e. The smallest absolute Gasteiger partial charge is 0.381 e. The molecule has 8 nitrogen and oxygen atoms in total. The Bertz CT molecular complexity index is 364. The quantitative estimate of drug-likeness (QED) is 0.170. The van der Waals surface area contributed by atoms with E-state index in [4.69, 9.17) is 28.7 Å². The molecule has 0 unspecified atom stereocenters. The standard InChI is InChI=1S/C20H43O8P/c1-2-3-12-24-13-4-5-14-25-15-6-7-16-26-17-8-9-18-27-19-10-11-20-28-29(21,22)23/h2-20H2,1H3,(H2,21,22,23). The first-order valence-corrected chi connectivity index (χ1v) is 12.6. The maximum absolute atomic E-state index is 10.5. The molecule has 0 bridgehead atoms. The molecular weight excluding hydrogens is 399 g/mol. The van der Waals surface area contributed by atoms with E-state index in [2.05, 4.69) is 11.4 Å². The number of phosphoric ester groups is 1. The van der Waals surface area contributed by atoms with Crippen LogP contribution >= 0.6 is 7.82 Å². The summed E-state index contributed by atoms with van der Waals surface area (Å²) in [5.74, 6) is 0. The highest BCUT2D eigenvalue weighted by atomic mass is 31.2. The highest BCUT2D eigenvalue weighted by Gasteiger charge is 2.12. The summed E-state index contributed by atoms with van der Waals surface area (Å²) in [6, 6.07) is 0. The fraction of sp³-hybridized carbons (Fsp3) is 1.00. The van der Waals surface area contributed by atoms with E-state index in [1.807, 2.05) is 0 Å². The van der Waals surface area contributed by atoms with Gasteiger partial charge in [0.05, 0.1) is 6.61 Å². The molecule has 0 amide bonds. The molecule has 0 aromatic carbocycles. The molecule has 0 aromatic rings. The molecule has 0 aliphatic heterocycles. The van der Waals surface area contributed by atoms with E-state index >= 15 is 0 Å². The highest BCUT2D eigenvalue weighted by Crippen LogP contribution is 2.35. The molecular formula is C20H43O8P. The molecule has 0 fully saturated rings. The third kappa shape index (κ3) is 28.0. The summed E-state index contributed by atoms with van der Waals surface area (Å²) >= 11 is 0. The van der Waals surface area contributed by atoms with Crippen molar-refractivity contribution in [2.75, 3.05) is 59.5 Å². The molecule has 0 rings (SSSR count). The van der Waals surface area contributed by atoms with Gasteiger partial charge in [-0.3, -0.25) is 4.52 Å². The second-order valence-electron chi connectivity index (χ2n) is 6.96. The van der Waals surface area contributed by atoms with Crippen LogP contribution in [0.15, 0.2) is 0 Å². The summed E-state index contributed by atoms with van der Waals surface area (Å²) in [6.45, 7) is 8.34. The van der Waals surface area contributed by atoms with Crippen molar-refractivity contribution in [2.45, 2.75) is 71.1 Å². The summed E-state index contributed by atoms with van der Waals surface area (Å²) in [7, 11) is -4.33. The molecule has 0 spiro atoms. The van der Waals surface area contributed by atoms with Gasteiger partial charge in [0.25, 0.3) is 0 Å². The van der Waals surface area contributed by atoms with Crippen molar-refractivity contribution in [3.63, 3.8) is 0 Å². The van der Waals surface area contributed by atoms with E-state index in [0.29, 0.717) is 19.6 Å². The topological polar surface area (TPSA) is 104 Å². The number of hydrogen-bond donors (Lipinski definition) is 2. The summed E-state index contributed by atoms with van der Waals surface area (Å²) < 4.78 is 37.0. The lowest BCUT2D eigenvalue weighted by molar-refractivity contribution is 0.0837. The van der Waals surface area contributed by atoms with E-state index in [0.717, 1.165) is 91.0 Å². The van der Waals surface area contributed by atoms with Crippen molar-refractivity contribution in [1.82, 2.24) is 0 Å². The largest absolute Gasteiger partial charge is 0.469 e. The summed E-state index contributed by atoms with van der Waals surface area (Å²) in [4.78, 5) is 17.1. The van der Waals surface area contributed by atoms with Gasteiger partial charge in [-0.2, -0.15) is 0 Å².